The fourth-order valence-electron chi connectivity index (χ4n) is 2.04. The van der Waals surface area contributed by atoms with Crippen LogP contribution in [0.15, 0.2) is 5.38 Å². The summed E-state index contributed by atoms with van der Waals surface area (Å²) >= 11 is 7.38. The van der Waals surface area contributed by atoms with Crippen LogP contribution in [-0.2, 0) is 6.42 Å². The number of ether oxygens (including phenoxy) is 1. The Labute approximate surface area is 105 Å². The molecule has 90 valence electrons. The van der Waals surface area contributed by atoms with Crippen LogP contribution in [0.5, 0.6) is 5.75 Å². The van der Waals surface area contributed by atoms with E-state index in [9.17, 15) is 8.78 Å². The highest BCUT2D eigenvalue weighted by molar-refractivity contribution is 7.18. The molecule has 17 heavy (non-hydrogen) atoms. The molecule has 1 aliphatic rings. The maximum Gasteiger partial charge on any atom is 0.285 e. The maximum atomic E-state index is 13.5. The van der Waals surface area contributed by atoms with E-state index in [4.69, 9.17) is 16.3 Å². The van der Waals surface area contributed by atoms with Gasteiger partial charge in [0, 0.05) is 22.9 Å². The van der Waals surface area contributed by atoms with Gasteiger partial charge in [0.1, 0.15) is 10.9 Å². The molecule has 2 aromatic rings. The molecule has 0 aromatic carbocycles. The summed E-state index contributed by atoms with van der Waals surface area (Å²) in [6.45, 7) is 1.11. The first kappa shape index (κ1) is 11.2. The molecule has 6 heteroatoms. The normalized spacial score (nSPS) is 17.9. The quantitative estimate of drug-likeness (QED) is 0.682. The second-order valence-corrected chi connectivity index (χ2v) is 5.33. The first-order chi connectivity index (χ1) is 7.98. The van der Waals surface area contributed by atoms with Gasteiger partial charge in [0.15, 0.2) is 6.61 Å². The second-order valence-electron chi connectivity index (χ2n) is 4.09. The zero-order valence-electron chi connectivity index (χ0n) is 8.89. The number of aromatic nitrogens is 1. The molecule has 3 heterocycles. The Morgan fingerprint density at radius 2 is 2.29 bits per heavy atom. The van der Waals surface area contributed by atoms with Crippen molar-refractivity contribution in [2.45, 2.75) is 19.3 Å². The molecular weight excluding hydrogens is 268 g/mol. The van der Waals surface area contributed by atoms with Crippen molar-refractivity contribution < 1.29 is 13.5 Å². The Morgan fingerprint density at radius 1 is 1.53 bits per heavy atom. The van der Waals surface area contributed by atoms with Gasteiger partial charge in [-0.2, -0.15) is 0 Å². The first-order valence-electron chi connectivity index (χ1n) is 5.05. The molecule has 0 fully saturated rings. The highest BCUT2D eigenvalue weighted by Crippen LogP contribution is 2.43. The standard InChI is InChI=1S/C11H8ClF2NOS/c1-5-6-2-11(13,14)4-16-7-3-17-9(8(6)7)10(12)15-5/h3H,2,4H2,1H3. The molecule has 0 spiro atoms. The molecule has 0 N–H and O–H groups in total. The van der Waals surface area contributed by atoms with E-state index in [-0.39, 0.29) is 6.42 Å². The van der Waals surface area contributed by atoms with E-state index in [1.165, 1.54) is 11.3 Å². The third-order valence-electron chi connectivity index (χ3n) is 2.82. The van der Waals surface area contributed by atoms with Gasteiger partial charge in [-0.15, -0.1) is 11.3 Å². The summed E-state index contributed by atoms with van der Waals surface area (Å²) in [7, 11) is 0. The van der Waals surface area contributed by atoms with E-state index in [2.05, 4.69) is 4.98 Å². The predicted molar refractivity (Wildman–Crippen MR) is 63.5 cm³/mol. The van der Waals surface area contributed by atoms with Gasteiger partial charge in [-0.05, 0) is 12.5 Å². The van der Waals surface area contributed by atoms with Crippen LogP contribution >= 0.6 is 22.9 Å². The minimum Gasteiger partial charge on any atom is -0.486 e. The van der Waals surface area contributed by atoms with E-state index in [0.717, 1.165) is 4.70 Å². The van der Waals surface area contributed by atoms with Crippen LogP contribution in [0.2, 0.25) is 5.15 Å². The van der Waals surface area contributed by atoms with Gasteiger partial charge in [0.2, 0.25) is 0 Å². The van der Waals surface area contributed by atoms with Crippen molar-refractivity contribution in [3.63, 3.8) is 0 Å². The van der Waals surface area contributed by atoms with Gasteiger partial charge >= 0.3 is 0 Å². The fraction of sp³-hybridized carbons (Fsp3) is 0.364. The van der Waals surface area contributed by atoms with Gasteiger partial charge < -0.3 is 4.74 Å². The Hall–Kier alpha value is -0.940. The summed E-state index contributed by atoms with van der Waals surface area (Å²) < 4.78 is 32.9. The highest BCUT2D eigenvalue weighted by atomic mass is 35.5. The number of nitrogens with zero attached hydrogens (tertiary/aromatic N) is 1. The third kappa shape index (κ3) is 1.68. The largest absolute Gasteiger partial charge is 0.486 e. The Morgan fingerprint density at radius 3 is 3.06 bits per heavy atom. The predicted octanol–water partition coefficient (Wildman–Crippen LogP) is 3.83. The summed E-state index contributed by atoms with van der Waals surface area (Å²) in [5.41, 5.74) is 1.09. The Balaban J connectivity index is 2.36. The number of pyridine rings is 1. The molecule has 0 atom stereocenters. The van der Waals surface area contributed by atoms with Crippen molar-refractivity contribution in [1.82, 2.24) is 4.98 Å². The van der Waals surface area contributed by atoms with E-state index in [1.54, 1.807) is 12.3 Å². The molecule has 0 bridgehead atoms. The lowest BCUT2D eigenvalue weighted by molar-refractivity contribution is -0.0372. The molecule has 0 radical (unpaired) electrons. The third-order valence-corrected chi connectivity index (χ3v) is 4.17. The number of halogens is 3. The van der Waals surface area contributed by atoms with E-state index >= 15 is 0 Å². The lowest BCUT2D eigenvalue weighted by Gasteiger charge is -2.14. The van der Waals surface area contributed by atoms with Crippen LogP contribution in [0.3, 0.4) is 0 Å². The van der Waals surface area contributed by atoms with Gasteiger partial charge in [-0.25, -0.2) is 13.8 Å². The molecule has 0 unspecified atom stereocenters. The van der Waals surface area contributed by atoms with Gasteiger partial charge in [0.25, 0.3) is 5.92 Å². The number of hydrogen-bond acceptors (Lipinski definition) is 3. The van der Waals surface area contributed by atoms with Crippen molar-refractivity contribution in [2.24, 2.45) is 0 Å². The topological polar surface area (TPSA) is 22.1 Å². The number of thiophene rings is 1. The summed E-state index contributed by atoms with van der Waals surface area (Å²) in [6.07, 6.45) is -0.344. The average molecular weight is 276 g/mol. The van der Waals surface area contributed by atoms with Gasteiger partial charge in [-0.1, -0.05) is 11.6 Å². The minimum absolute atomic E-state index is 0.344. The van der Waals surface area contributed by atoms with Crippen molar-refractivity contribution >= 4 is 33.0 Å². The van der Waals surface area contributed by atoms with E-state index in [0.29, 0.717) is 27.5 Å². The lowest BCUT2D eigenvalue weighted by atomic mass is 10.0. The molecule has 2 nitrogen and oxygen atoms in total. The zero-order chi connectivity index (χ0) is 12.2. The zero-order valence-corrected chi connectivity index (χ0v) is 10.5. The van der Waals surface area contributed by atoms with Crippen molar-refractivity contribution in [2.75, 3.05) is 6.61 Å². The first-order valence-corrected chi connectivity index (χ1v) is 6.30. The molecule has 0 aliphatic carbocycles. The average Bonchev–Trinajstić information content (AvgIpc) is 2.60. The molecule has 3 rings (SSSR count). The molecule has 0 saturated heterocycles. The van der Waals surface area contributed by atoms with Crippen molar-refractivity contribution in [3.05, 3.63) is 21.8 Å². The number of rotatable bonds is 0. The Bertz CT molecular complexity index is 611. The van der Waals surface area contributed by atoms with Crippen molar-refractivity contribution in [1.29, 1.82) is 0 Å². The molecule has 0 saturated carbocycles. The van der Waals surface area contributed by atoms with Crippen LogP contribution in [0, 0.1) is 6.92 Å². The maximum absolute atomic E-state index is 13.5. The van der Waals surface area contributed by atoms with E-state index < -0.39 is 12.5 Å². The lowest BCUT2D eigenvalue weighted by Crippen LogP contribution is -2.27. The fourth-order valence-corrected chi connectivity index (χ4v) is 3.29. The number of hydrogen-bond donors (Lipinski definition) is 0. The SMILES string of the molecule is Cc1nc(Cl)c2scc3c2c1CC(F)(F)CO3. The molecular formula is C11H8ClF2NOS. The Kier molecular flexibility index (Phi) is 2.32. The number of aryl methyl sites for hydroxylation is 1. The van der Waals surface area contributed by atoms with E-state index in [1.807, 2.05) is 0 Å². The highest BCUT2D eigenvalue weighted by Gasteiger charge is 2.36. The minimum atomic E-state index is -2.86. The monoisotopic (exact) mass is 275 g/mol. The molecule has 1 aliphatic heterocycles. The van der Waals surface area contributed by atoms with Crippen LogP contribution < -0.4 is 4.74 Å². The summed E-state index contributed by atoms with van der Waals surface area (Å²) in [5.74, 6) is -2.37. The summed E-state index contributed by atoms with van der Waals surface area (Å²) in [5, 5.41) is 2.76. The number of alkyl halides is 2. The summed E-state index contributed by atoms with van der Waals surface area (Å²) in [4.78, 5) is 4.11. The van der Waals surface area contributed by atoms with Gasteiger partial charge in [-0.3, -0.25) is 0 Å². The smallest absolute Gasteiger partial charge is 0.285 e. The van der Waals surface area contributed by atoms with Crippen molar-refractivity contribution in [3.8, 4) is 5.75 Å². The van der Waals surface area contributed by atoms with Crippen LogP contribution in [-0.4, -0.2) is 17.5 Å². The molecule has 0 amide bonds. The second kappa shape index (κ2) is 3.53. The van der Waals surface area contributed by atoms with Crippen LogP contribution in [0.4, 0.5) is 8.78 Å². The summed E-state index contributed by atoms with van der Waals surface area (Å²) in [6, 6.07) is 0. The van der Waals surface area contributed by atoms with Crippen LogP contribution in [0.25, 0.3) is 10.1 Å². The molecule has 2 aromatic heterocycles. The van der Waals surface area contributed by atoms with Gasteiger partial charge in [0.05, 0.1) is 4.70 Å². The van der Waals surface area contributed by atoms with Crippen LogP contribution in [0.1, 0.15) is 11.3 Å².